The number of allylic oxidation sites excluding steroid dienone is 1. The third-order valence-corrected chi connectivity index (χ3v) is 3.51. The van der Waals surface area contributed by atoms with E-state index in [-0.39, 0.29) is 35.9 Å². The van der Waals surface area contributed by atoms with E-state index in [0.29, 0.717) is 12.4 Å². The minimum absolute atomic E-state index is 0.0723. The standard InChI is InChI=1S/C15H12F6N2O2/c16-14(17,18)9-3-1-8(11(5-9)15(19,20)21)2-4-10-6-13(25)12(7-24)23-22-10/h1,3,5-7,12,23,25H,2,4H2. The number of hydrogen-bond donors (Lipinski definition) is 2. The lowest BCUT2D eigenvalue weighted by atomic mass is 9.97. The molecule has 0 aliphatic carbocycles. The van der Waals surface area contributed by atoms with Crippen LogP contribution in [0.2, 0.25) is 0 Å². The Morgan fingerprint density at radius 1 is 1.12 bits per heavy atom. The molecule has 0 saturated heterocycles. The SMILES string of the molecule is O=CC1NN=C(CCc2ccc(C(F)(F)F)cc2C(F)(F)F)C=C1O. The lowest BCUT2D eigenvalue weighted by molar-refractivity contribution is -0.143. The van der Waals surface area contributed by atoms with Crippen molar-refractivity contribution in [2.45, 2.75) is 31.2 Å². The average molecular weight is 366 g/mol. The minimum atomic E-state index is -4.94. The zero-order chi connectivity index (χ0) is 18.8. The van der Waals surface area contributed by atoms with Gasteiger partial charge in [-0.05, 0) is 30.5 Å². The Bertz CT molecular complexity index is 722. The van der Waals surface area contributed by atoms with Crippen molar-refractivity contribution < 1.29 is 36.2 Å². The molecular formula is C15H12F6N2O2. The van der Waals surface area contributed by atoms with Crippen LogP contribution in [0.5, 0.6) is 0 Å². The number of carbonyl (C=O) groups is 1. The predicted octanol–water partition coefficient (Wildman–Crippen LogP) is 3.63. The molecule has 0 saturated carbocycles. The second kappa shape index (κ2) is 6.77. The summed E-state index contributed by atoms with van der Waals surface area (Å²) in [6.07, 6.45) is -8.62. The smallest absolute Gasteiger partial charge is 0.416 e. The second-order valence-corrected chi connectivity index (χ2v) is 5.28. The van der Waals surface area contributed by atoms with E-state index in [9.17, 15) is 36.2 Å². The zero-order valence-corrected chi connectivity index (χ0v) is 12.4. The molecule has 1 atom stereocenters. The summed E-state index contributed by atoms with van der Waals surface area (Å²) >= 11 is 0. The maximum Gasteiger partial charge on any atom is 0.416 e. The van der Waals surface area contributed by atoms with Crippen molar-refractivity contribution >= 4 is 12.0 Å². The van der Waals surface area contributed by atoms with Crippen molar-refractivity contribution in [1.82, 2.24) is 5.43 Å². The van der Waals surface area contributed by atoms with Gasteiger partial charge in [-0.15, -0.1) is 0 Å². The van der Waals surface area contributed by atoms with Gasteiger partial charge in [-0.25, -0.2) is 0 Å². The highest BCUT2D eigenvalue weighted by Crippen LogP contribution is 2.37. The Morgan fingerprint density at radius 2 is 1.80 bits per heavy atom. The van der Waals surface area contributed by atoms with Crippen LogP contribution in [0, 0.1) is 0 Å². The first kappa shape index (κ1) is 18.8. The molecule has 0 spiro atoms. The topological polar surface area (TPSA) is 61.7 Å². The van der Waals surface area contributed by atoms with Crippen LogP contribution in [0.1, 0.15) is 23.1 Å². The maximum absolute atomic E-state index is 13.0. The number of hydrazone groups is 1. The number of rotatable bonds is 4. The number of aryl methyl sites for hydroxylation is 1. The number of halogens is 6. The van der Waals surface area contributed by atoms with Crippen LogP contribution in [0.25, 0.3) is 0 Å². The molecular weight excluding hydrogens is 354 g/mol. The quantitative estimate of drug-likeness (QED) is 0.632. The Labute approximate surface area is 137 Å². The van der Waals surface area contributed by atoms with Crippen LogP contribution in [0.4, 0.5) is 26.3 Å². The number of nitrogens with zero attached hydrogens (tertiary/aromatic N) is 1. The first-order valence-corrected chi connectivity index (χ1v) is 6.97. The summed E-state index contributed by atoms with van der Waals surface area (Å²) in [5.74, 6) is -0.344. The van der Waals surface area contributed by atoms with Gasteiger partial charge in [0.2, 0.25) is 0 Å². The normalized spacial score (nSPS) is 18.2. The van der Waals surface area contributed by atoms with Crippen LogP contribution in [0.3, 0.4) is 0 Å². The summed E-state index contributed by atoms with van der Waals surface area (Å²) in [7, 11) is 0. The fraction of sp³-hybridized carbons (Fsp3) is 0.333. The summed E-state index contributed by atoms with van der Waals surface area (Å²) in [4.78, 5) is 10.6. The average Bonchev–Trinajstić information content (AvgIpc) is 2.51. The van der Waals surface area contributed by atoms with Crippen LogP contribution >= 0.6 is 0 Å². The number of aldehydes is 1. The molecule has 4 nitrogen and oxygen atoms in total. The monoisotopic (exact) mass is 366 g/mol. The van der Waals surface area contributed by atoms with Crippen molar-refractivity contribution in [1.29, 1.82) is 0 Å². The van der Waals surface area contributed by atoms with E-state index in [1.165, 1.54) is 0 Å². The van der Waals surface area contributed by atoms with Crippen LogP contribution < -0.4 is 5.43 Å². The van der Waals surface area contributed by atoms with Gasteiger partial charge in [0, 0.05) is 6.08 Å². The highest BCUT2D eigenvalue weighted by Gasteiger charge is 2.38. The fourth-order valence-corrected chi connectivity index (χ4v) is 2.24. The lowest BCUT2D eigenvalue weighted by Gasteiger charge is -2.18. The van der Waals surface area contributed by atoms with Gasteiger partial charge in [0.05, 0.1) is 16.8 Å². The Kier molecular flexibility index (Phi) is 5.09. The first-order valence-electron chi connectivity index (χ1n) is 6.97. The summed E-state index contributed by atoms with van der Waals surface area (Å²) < 4.78 is 77.0. The number of hydrogen-bond acceptors (Lipinski definition) is 4. The van der Waals surface area contributed by atoms with Crippen molar-refractivity contribution in [3.8, 4) is 0 Å². The molecule has 0 amide bonds. The van der Waals surface area contributed by atoms with Gasteiger partial charge in [-0.3, -0.25) is 5.43 Å². The Balaban J connectivity index is 2.23. The third-order valence-electron chi connectivity index (χ3n) is 3.51. The number of benzene rings is 1. The molecule has 2 rings (SSSR count). The molecule has 25 heavy (non-hydrogen) atoms. The van der Waals surface area contributed by atoms with E-state index in [4.69, 9.17) is 0 Å². The number of aliphatic hydroxyl groups excluding tert-OH is 1. The summed E-state index contributed by atoms with van der Waals surface area (Å²) in [6, 6.07) is 0.411. The van der Waals surface area contributed by atoms with Gasteiger partial charge >= 0.3 is 12.4 Å². The third kappa shape index (κ3) is 4.52. The highest BCUT2D eigenvalue weighted by molar-refractivity contribution is 5.96. The van der Waals surface area contributed by atoms with Gasteiger partial charge in [-0.1, -0.05) is 6.07 Å². The largest absolute Gasteiger partial charge is 0.510 e. The minimum Gasteiger partial charge on any atom is -0.510 e. The number of aliphatic hydroxyl groups is 1. The number of nitrogens with one attached hydrogen (secondary N) is 1. The molecule has 2 N–H and O–H groups in total. The van der Waals surface area contributed by atoms with E-state index in [2.05, 4.69) is 10.5 Å². The van der Waals surface area contributed by atoms with Gasteiger partial charge in [-0.2, -0.15) is 31.4 Å². The number of alkyl halides is 6. The Morgan fingerprint density at radius 3 is 2.32 bits per heavy atom. The van der Waals surface area contributed by atoms with E-state index in [1.807, 2.05) is 0 Å². The van der Waals surface area contributed by atoms with Crippen LogP contribution in [-0.4, -0.2) is 23.1 Å². The van der Waals surface area contributed by atoms with Gasteiger partial charge in [0.1, 0.15) is 5.76 Å². The van der Waals surface area contributed by atoms with Gasteiger partial charge in [0.25, 0.3) is 0 Å². The molecule has 0 aromatic heterocycles. The summed E-state index contributed by atoms with van der Waals surface area (Å²) in [5, 5.41) is 13.3. The lowest BCUT2D eigenvalue weighted by Crippen LogP contribution is -2.33. The van der Waals surface area contributed by atoms with Gasteiger partial charge < -0.3 is 9.90 Å². The van der Waals surface area contributed by atoms with E-state index in [1.54, 1.807) is 0 Å². The Hall–Kier alpha value is -2.52. The van der Waals surface area contributed by atoms with Crippen molar-refractivity contribution in [3.05, 3.63) is 46.7 Å². The molecule has 136 valence electrons. The second-order valence-electron chi connectivity index (χ2n) is 5.28. The first-order chi connectivity index (χ1) is 11.5. The molecule has 1 heterocycles. The molecule has 0 bridgehead atoms. The maximum atomic E-state index is 13.0. The molecule has 1 unspecified atom stereocenters. The molecule has 1 aromatic rings. The summed E-state index contributed by atoms with van der Waals surface area (Å²) in [5.41, 5.74) is -0.598. The van der Waals surface area contributed by atoms with Crippen molar-refractivity contribution in [2.75, 3.05) is 0 Å². The van der Waals surface area contributed by atoms with E-state index in [0.717, 1.165) is 12.1 Å². The zero-order valence-electron chi connectivity index (χ0n) is 12.4. The molecule has 1 aliphatic heterocycles. The molecule has 0 radical (unpaired) electrons. The van der Waals surface area contributed by atoms with Gasteiger partial charge in [0.15, 0.2) is 12.3 Å². The highest BCUT2D eigenvalue weighted by atomic mass is 19.4. The van der Waals surface area contributed by atoms with Crippen LogP contribution in [-0.2, 0) is 23.6 Å². The number of carbonyl (C=O) groups excluding carboxylic acids is 1. The predicted molar refractivity (Wildman–Crippen MR) is 75.9 cm³/mol. The molecule has 1 aliphatic rings. The van der Waals surface area contributed by atoms with E-state index < -0.39 is 29.5 Å². The molecule has 10 heteroatoms. The van der Waals surface area contributed by atoms with E-state index >= 15 is 0 Å². The molecule has 1 aromatic carbocycles. The fourth-order valence-electron chi connectivity index (χ4n) is 2.24. The van der Waals surface area contributed by atoms with Crippen molar-refractivity contribution in [2.24, 2.45) is 5.10 Å². The summed E-state index contributed by atoms with van der Waals surface area (Å²) in [6.45, 7) is 0. The van der Waals surface area contributed by atoms with Crippen LogP contribution in [0.15, 0.2) is 35.1 Å². The molecule has 0 fully saturated rings. The van der Waals surface area contributed by atoms with Crippen molar-refractivity contribution in [3.63, 3.8) is 0 Å².